The first-order valence-electron chi connectivity index (χ1n) is 11.9. The van der Waals surface area contributed by atoms with E-state index in [0.29, 0.717) is 41.4 Å². The number of halogens is 1. The van der Waals surface area contributed by atoms with Crippen LogP contribution in [0.5, 0.6) is 5.75 Å². The standard InChI is InChI=1S/C26H31ClN4O4/c1-35-22-5-2-4-18(16-22)26(34)31-15-3-14-30(25(33)17-6-8-19(27)9-7-17)24(31)23(32)29-21-12-10-20(28)11-13-21/h2,4-9,16,20-21,24H,3,10-15,28H2,1H3,(H,29,32). The number of carbonyl (C=O) groups excluding carboxylic acids is 3. The number of nitrogens with two attached hydrogens (primary N) is 1. The molecule has 0 radical (unpaired) electrons. The van der Waals surface area contributed by atoms with Crippen LogP contribution in [0.4, 0.5) is 0 Å². The molecular formula is C26H31ClN4O4. The third-order valence-corrected chi connectivity index (χ3v) is 6.92. The van der Waals surface area contributed by atoms with Crippen LogP contribution in [0.15, 0.2) is 48.5 Å². The van der Waals surface area contributed by atoms with Crippen molar-refractivity contribution < 1.29 is 19.1 Å². The molecule has 2 fully saturated rings. The van der Waals surface area contributed by atoms with Gasteiger partial charge in [0.25, 0.3) is 17.7 Å². The van der Waals surface area contributed by atoms with Crippen LogP contribution >= 0.6 is 11.6 Å². The summed E-state index contributed by atoms with van der Waals surface area (Å²) in [4.78, 5) is 43.7. The van der Waals surface area contributed by atoms with E-state index in [1.807, 2.05) is 0 Å². The normalized spacial score (nSPS) is 22.4. The summed E-state index contributed by atoms with van der Waals surface area (Å²) in [7, 11) is 1.53. The number of hydrogen-bond acceptors (Lipinski definition) is 5. The molecule has 0 spiro atoms. The summed E-state index contributed by atoms with van der Waals surface area (Å²) in [6.07, 6.45) is 2.69. The lowest BCUT2D eigenvalue weighted by atomic mass is 9.91. The van der Waals surface area contributed by atoms with E-state index in [4.69, 9.17) is 22.1 Å². The van der Waals surface area contributed by atoms with Crippen LogP contribution in [-0.4, -0.2) is 66.0 Å². The number of ether oxygens (including phenoxy) is 1. The molecule has 9 heteroatoms. The Bertz CT molecular complexity index is 1070. The zero-order chi connectivity index (χ0) is 24.9. The first-order valence-corrected chi connectivity index (χ1v) is 12.3. The minimum absolute atomic E-state index is 0.0366. The van der Waals surface area contributed by atoms with Crippen molar-refractivity contribution in [3.63, 3.8) is 0 Å². The van der Waals surface area contributed by atoms with Crippen LogP contribution in [-0.2, 0) is 4.79 Å². The molecule has 0 bridgehead atoms. The Hall–Kier alpha value is -3.10. The van der Waals surface area contributed by atoms with E-state index >= 15 is 0 Å². The van der Waals surface area contributed by atoms with Gasteiger partial charge in [0.1, 0.15) is 5.75 Å². The fraction of sp³-hybridized carbons (Fsp3) is 0.423. The van der Waals surface area contributed by atoms with Gasteiger partial charge in [-0.05, 0) is 74.6 Å². The monoisotopic (exact) mass is 498 g/mol. The molecule has 2 aliphatic rings. The summed E-state index contributed by atoms with van der Waals surface area (Å²) >= 11 is 6.00. The highest BCUT2D eigenvalue weighted by Gasteiger charge is 2.41. The van der Waals surface area contributed by atoms with Crippen LogP contribution in [0.3, 0.4) is 0 Å². The molecule has 3 N–H and O–H groups in total. The molecule has 2 aromatic rings. The zero-order valence-corrected chi connectivity index (χ0v) is 20.5. The molecule has 1 atom stereocenters. The lowest BCUT2D eigenvalue weighted by Gasteiger charge is -2.43. The molecule has 4 rings (SSSR count). The number of benzene rings is 2. The van der Waals surface area contributed by atoms with Crippen molar-refractivity contribution in [3.05, 3.63) is 64.7 Å². The minimum Gasteiger partial charge on any atom is -0.497 e. The Morgan fingerprint density at radius 2 is 1.57 bits per heavy atom. The first-order chi connectivity index (χ1) is 16.9. The molecule has 0 aromatic heterocycles. The molecule has 186 valence electrons. The van der Waals surface area contributed by atoms with Crippen molar-refractivity contribution in [2.24, 2.45) is 5.73 Å². The third-order valence-electron chi connectivity index (χ3n) is 6.67. The Balaban J connectivity index is 1.64. The summed E-state index contributed by atoms with van der Waals surface area (Å²) < 4.78 is 5.27. The highest BCUT2D eigenvalue weighted by molar-refractivity contribution is 6.30. The Labute approximate surface area is 210 Å². The summed E-state index contributed by atoms with van der Waals surface area (Å²) in [6.45, 7) is 0.713. The van der Waals surface area contributed by atoms with Gasteiger partial charge in [0, 0.05) is 41.3 Å². The zero-order valence-electron chi connectivity index (χ0n) is 19.8. The van der Waals surface area contributed by atoms with Crippen LogP contribution in [0.1, 0.15) is 52.8 Å². The molecule has 3 amide bonds. The van der Waals surface area contributed by atoms with Crippen LogP contribution in [0.2, 0.25) is 5.02 Å². The second-order valence-corrected chi connectivity index (χ2v) is 9.52. The third kappa shape index (κ3) is 5.77. The predicted octanol–water partition coefficient (Wildman–Crippen LogP) is 3.05. The fourth-order valence-corrected chi connectivity index (χ4v) is 4.88. The van der Waals surface area contributed by atoms with E-state index in [0.717, 1.165) is 25.7 Å². The summed E-state index contributed by atoms with van der Waals surface area (Å²) in [6, 6.07) is 13.4. The maximum Gasteiger partial charge on any atom is 0.264 e. The van der Waals surface area contributed by atoms with E-state index < -0.39 is 6.17 Å². The highest BCUT2D eigenvalue weighted by atomic mass is 35.5. The van der Waals surface area contributed by atoms with Gasteiger partial charge in [-0.3, -0.25) is 14.4 Å². The van der Waals surface area contributed by atoms with Crippen molar-refractivity contribution in [2.75, 3.05) is 20.2 Å². The second-order valence-electron chi connectivity index (χ2n) is 9.08. The van der Waals surface area contributed by atoms with Gasteiger partial charge in [-0.2, -0.15) is 0 Å². The number of amides is 3. The number of nitrogens with one attached hydrogen (secondary N) is 1. The van der Waals surface area contributed by atoms with Crippen LogP contribution < -0.4 is 15.8 Å². The van der Waals surface area contributed by atoms with Gasteiger partial charge in [0.05, 0.1) is 7.11 Å². The Kier molecular flexibility index (Phi) is 7.93. The van der Waals surface area contributed by atoms with Crippen molar-refractivity contribution in [3.8, 4) is 5.75 Å². The largest absolute Gasteiger partial charge is 0.497 e. The predicted molar refractivity (Wildman–Crippen MR) is 133 cm³/mol. The Morgan fingerprint density at radius 3 is 2.20 bits per heavy atom. The topological polar surface area (TPSA) is 105 Å². The van der Waals surface area contributed by atoms with Gasteiger partial charge in [-0.25, -0.2) is 0 Å². The summed E-state index contributed by atoms with van der Waals surface area (Å²) in [5.74, 6) is -0.468. The van der Waals surface area contributed by atoms with Gasteiger partial charge >= 0.3 is 0 Å². The molecule has 1 unspecified atom stereocenters. The van der Waals surface area contributed by atoms with Gasteiger partial charge in [0.15, 0.2) is 6.17 Å². The average molecular weight is 499 g/mol. The summed E-state index contributed by atoms with van der Waals surface area (Å²) in [5, 5.41) is 3.60. The van der Waals surface area contributed by atoms with Gasteiger partial charge < -0.3 is 25.6 Å². The van der Waals surface area contributed by atoms with Gasteiger partial charge in [0.2, 0.25) is 0 Å². The molecule has 1 saturated carbocycles. The van der Waals surface area contributed by atoms with E-state index in [1.54, 1.807) is 48.5 Å². The fourth-order valence-electron chi connectivity index (χ4n) is 4.75. The molecule has 1 heterocycles. The SMILES string of the molecule is COc1cccc(C(=O)N2CCCN(C(=O)c3ccc(Cl)cc3)C2C(=O)NC2CCC(N)CC2)c1. The Morgan fingerprint density at radius 1 is 0.943 bits per heavy atom. The number of nitrogens with zero attached hydrogens (tertiary/aromatic N) is 2. The van der Waals surface area contributed by atoms with Gasteiger partial charge in [-0.1, -0.05) is 17.7 Å². The number of carbonyl (C=O) groups is 3. The molecule has 1 aliphatic carbocycles. The lowest BCUT2D eigenvalue weighted by molar-refractivity contribution is -0.133. The second kappa shape index (κ2) is 11.1. The first kappa shape index (κ1) is 25.0. The van der Waals surface area contributed by atoms with Crippen LogP contribution in [0, 0.1) is 0 Å². The molecule has 1 saturated heterocycles. The van der Waals surface area contributed by atoms with E-state index in [2.05, 4.69) is 5.32 Å². The van der Waals surface area contributed by atoms with Crippen molar-refractivity contribution in [1.29, 1.82) is 0 Å². The maximum atomic E-state index is 13.6. The number of methoxy groups -OCH3 is 1. The molecule has 1 aliphatic heterocycles. The summed E-state index contributed by atoms with van der Waals surface area (Å²) in [5.41, 5.74) is 6.82. The van der Waals surface area contributed by atoms with Crippen molar-refractivity contribution in [2.45, 2.75) is 50.4 Å². The number of hydrogen-bond donors (Lipinski definition) is 2. The molecular weight excluding hydrogens is 468 g/mol. The smallest absolute Gasteiger partial charge is 0.264 e. The molecule has 2 aromatic carbocycles. The van der Waals surface area contributed by atoms with Crippen molar-refractivity contribution in [1.82, 2.24) is 15.1 Å². The lowest BCUT2D eigenvalue weighted by Crippen LogP contribution is -2.64. The number of rotatable bonds is 5. The molecule has 8 nitrogen and oxygen atoms in total. The van der Waals surface area contributed by atoms with E-state index in [9.17, 15) is 14.4 Å². The minimum atomic E-state index is -1.07. The van der Waals surface area contributed by atoms with Crippen molar-refractivity contribution >= 4 is 29.3 Å². The average Bonchev–Trinajstić information content (AvgIpc) is 2.89. The van der Waals surface area contributed by atoms with Gasteiger partial charge in [-0.15, -0.1) is 0 Å². The molecule has 35 heavy (non-hydrogen) atoms. The highest BCUT2D eigenvalue weighted by Crippen LogP contribution is 2.24. The van der Waals surface area contributed by atoms with E-state index in [1.165, 1.54) is 16.9 Å². The quantitative estimate of drug-likeness (QED) is 0.659. The maximum absolute atomic E-state index is 13.6. The van der Waals surface area contributed by atoms with E-state index in [-0.39, 0.29) is 29.8 Å². The van der Waals surface area contributed by atoms with Crippen LogP contribution in [0.25, 0.3) is 0 Å².